The van der Waals surface area contributed by atoms with Gasteiger partial charge in [0.2, 0.25) is 0 Å². The van der Waals surface area contributed by atoms with Crippen LogP contribution >= 0.6 is 0 Å². The van der Waals surface area contributed by atoms with E-state index in [1.54, 1.807) is 0 Å². The van der Waals surface area contributed by atoms with Crippen LogP contribution in [0.25, 0.3) is 0 Å². The van der Waals surface area contributed by atoms with Crippen molar-refractivity contribution in [1.82, 2.24) is 5.32 Å². The van der Waals surface area contributed by atoms with Crippen molar-refractivity contribution in [3.63, 3.8) is 0 Å². The summed E-state index contributed by atoms with van der Waals surface area (Å²) in [4.78, 5) is 22.3. The molecular formula is C11H19NO4. The van der Waals surface area contributed by atoms with E-state index >= 15 is 0 Å². The Hall–Kier alpha value is -1.10. The lowest BCUT2D eigenvalue weighted by Gasteiger charge is -2.36. The van der Waals surface area contributed by atoms with Crippen molar-refractivity contribution in [3.8, 4) is 0 Å². The zero-order chi connectivity index (χ0) is 12.2. The molecule has 1 aliphatic carbocycles. The Kier molecular flexibility index (Phi) is 4.29. The summed E-state index contributed by atoms with van der Waals surface area (Å²) in [5.74, 6) is -0.741. The smallest absolute Gasteiger partial charge is 0.323 e. The number of methoxy groups -OCH3 is 1. The Morgan fingerprint density at radius 3 is 2.44 bits per heavy atom. The van der Waals surface area contributed by atoms with Crippen molar-refractivity contribution in [2.75, 3.05) is 13.7 Å². The van der Waals surface area contributed by atoms with E-state index in [9.17, 15) is 14.7 Å². The van der Waals surface area contributed by atoms with Crippen LogP contribution in [0.2, 0.25) is 0 Å². The highest BCUT2D eigenvalue weighted by atomic mass is 16.5. The fourth-order valence-electron chi connectivity index (χ4n) is 2.03. The summed E-state index contributed by atoms with van der Waals surface area (Å²) in [6, 6.07) is 0. The molecular weight excluding hydrogens is 210 g/mol. The Morgan fingerprint density at radius 1 is 1.44 bits per heavy atom. The number of hydrogen-bond acceptors (Lipinski definition) is 4. The first-order valence-electron chi connectivity index (χ1n) is 5.55. The first-order valence-corrected chi connectivity index (χ1v) is 5.55. The van der Waals surface area contributed by atoms with Gasteiger partial charge in [-0.1, -0.05) is 6.92 Å². The largest absolute Gasteiger partial charge is 0.480 e. The number of rotatable bonds is 4. The first-order chi connectivity index (χ1) is 7.50. The molecule has 0 saturated heterocycles. The number of carboxylic acid groups (broad SMARTS) is 1. The van der Waals surface area contributed by atoms with Gasteiger partial charge in [-0.2, -0.15) is 0 Å². The molecule has 1 fully saturated rings. The van der Waals surface area contributed by atoms with Gasteiger partial charge in [0.05, 0.1) is 13.7 Å². The molecule has 0 aromatic heterocycles. The summed E-state index contributed by atoms with van der Waals surface area (Å²) >= 11 is 0. The highest BCUT2D eigenvalue weighted by Gasteiger charge is 2.41. The highest BCUT2D eigenvalue weighted by molar-refractivity contribution is 5.80. The van der Waals surface area contributed by atoms with E-state index in [1.807, 2.05) is 0 Å². The summed E-state index contributed by atoms with van der Waals surface area (Å²) in [5.41, 5.74) is -0.944. The van der Waals surface area contributed by atoms with Crippen LogP contribution in [0.1, 0.15) is 32.6 Å². The SMILES string of the molecule is COC(=O)CNC1(C(=O)O)CCC(C)CC1. The van der Waals surface area contributed by atoms with Crippen LogP contribution in [0.4, 0.5) is 0 Å². The van der Waals surface area contributed by atoms with Crippen molar-refractivity contribution in [3.05, 3.63) is 0 Å². The molecule has 0 heterocycles. The van der Waals surface area contributed by atoms with Gasteiger partial charge in [-0.25, -0.2) is 0 Å². The lowest BCUT2D eigenvalue weighted by Crippen LogP contribution is -2.55. The zero-order valence-corrected chi connectivity index (χ0v) is 9.78. The molecule has 16 heavy (non-hydrogen) atoms. The van der Waals surface area contributed by atoms with Gasteiger partial charge in [0.15, 0.2) is 0 Å². The molecule has 0 spiro atoms. The van der Waals surface area contributed by atoms with E-state index in [0.717, 1.165) is 12.8 Å². The van der Waals surface area contributed by atoms with Crippen molar-refractivity contribution in [2.45, 2.75) is 38.1 Å². The van der Waals surface area contributed by atoms with Crippen LogP contribution in [-0.2, 0) is 14.3 Å². The molecule has 0 aromatic carbocycles. The molecule has 92 valence electrons. The summed E-state index contributed by atoms with van der Waals surface area (Å²) in [5, 5.41) is 12.1. The van der Waals surface area contributed by atoms with Crippen molar-refractivity contribution in [1.29, 1.82) is 0 Å². The van der Waals surface area contributed by atoms with Gasteiger partial charge in [0.25, 0.3) is 0 Å². The topological polar surface area (TPSA) is 75.6 Å². The van der Waals surface area contributed by atoms with Gasteiger partial charge >= 0.3 is 11.9 Å². The number of aliphatic carboxylic acids is 1. The van der Waals surface area contributed by atoms with Crippen LogP contribution in [0.3, 0.4) is 0 Å². The summed E-state index contributed by atoms with van der Waals surface area (Å²) in [7, 11) is 1.29. The van der Waals surface area contributed by atoms with E-state index in [-0.39, 0.29) is 6.54 Å². The van der Waals surface area contributed by atoms with E-state index in [2.05, 4.69) is 17.0 Å². The number of esters is 1. The maximum absolute atomic E-state index is 11.3. The third-order valence-electron chi connectivity index (χ3n) is 3.34. The second-order valence-corrected chi connectivity index (χ2v) is 4.50. The minimum atomic E-state index is -0.944. The normalized spacial score (nSPS) is 29.8. The van der Waals surface area contributed by atoms with Gasteiger partial charge in [0, 0.05) is 0 Å². The van der Waals surface area contributed by atoms with Crippen molar-refractivity contribution < 1.29 is 19.4 Å². The lowest BCUT2D eigenvalue weighted by molar-refractivity contribution is -0.148. The zero-order valence-electron chi connectivity index (χ0n) is 9.78. The molecule has 0 aromatic rings. The van der Waals surface area contributed by atoms with Gasteiger partial charge in [-0.05, 0) is 31.6 Å². The second-order valence-electron chi connectivity index (χ2n) is 4.50. The standard InChI is InChI=1S/C11H19NO4/c1-8-3-5-11(6-4-8,10(14)15)12-7-9(13)16-2/h8,12H,3-7H2,1-2H3,(H,14,15). The predicted molar refractivity (Wildman–Crippen MR) is 58.0 cm³/mol. The number of ether oxygens (including phenoxy) is 1. The van der Waals surface area contributed by atoms with Crippen LogP contribution in [0, 0.1) is 5.92 Å². The van der Waals surface area contributed by atoms with Gasteiger partial charge in [-0.15, -0.1) is 0 Å². The van der Waals surface area contributed by atoms with Crippen LogP contribution in [0.15, 0.2) is 0 Å². The molecule has 0 bridgehead atoms. The monoisotopic (exact) mass is 229 g/mol. The van der Waals surface area contributed by atoms with E-state index < -0.39 is 17.5 Å². The molecule has 5 nitrogen and oxygen atoms in total. The molecule has 5 heteroatoms. The van der Waals surface area contributed by atoms with Crippen LogP contribution in [0.5, 0.6) is 0 Å². The van der Waals surface area contributed by atoms with Gasteiger partial charge in [-0.3, -0.25) is 14.9 Å². The minimum absolute atomic E-state index is 0.0445. The minimum Gasteiger partial charge on any atom is -0.480 e. The number of carbonyl (C=O) groups is 2. The van der Waals surface area contributed by atoms with Crippen molar-refractivity contribution >= 4 is 11.9 Å². The quantitative estimate of drug-likeness (QED) is 0.697. The molecule has 0 radical (unpaired) electrons. The Labute approximate surface area is 95.2 Å². The number of carbonyl (C=O) groups excluding carboxylic acids is 1. The summed E-state index contributed by atoms with van der Waals surface area (Å²) in [6.45, 7) is 2.07. The van der Waals surface area contributed by atoms with Crippen LogP contribution in [-0.4, -0.2) is 36.2 Å². The predicted octanol–water partition coefficient (Wildman–Crippen LogP) is 0.782. The van der Waals surface area contributed by atoms with Gasteiger partial charge in [0.1, 0.15) is 5.54 Å². The maximum Gasteiger partial charge on any atom is 0.323 e. The Balaban J connectivity index is 2.60. The highest BCUT2D eigenvalue weighted by Crippen LogP contribution is 2.32. The average molecular weight is 229 g/mol. The molecule has 0 atom stereocenters. The fraction of sp³-hybridized carbons (Fsp3) is 0.818. The molecule has 0 amide bonds. The average Bonchev–Trinajstić information content (AvgIpc) is 2.28. The van der Waals surface area contributed by atoms with E-state index in [0.29, 0.717) is 18.8 Å². The lowest BCUT2D eigenvalue weighted by atomic mass is 9.77. The third kappa shape index (κ3) is 2.95. The number of hydrogen-bond donors (Lipinski definition) is 2. The number of nitrogens with one attached hydrogen (secondary N) is 1. The third-order valence-corrected chi connectivity index (χ3v) is 3.34. The van der Waals surface area contributed by atoms with E-state index in [1.165, 1.54) is 7.11 Å². The Morgan fingerprint density at radius 2 is 2.00 bits per heavy atom. The fourth-order valence-corrected chi connectivity index (χ4v) is 2.03. The molecule has 1 aliphatic rings. The summed E-state index contributed by atoms with van der Waals surface area (Å²) in [6.07, 6.45) is 2.89. The number of carboxylic acids is 1. The molecule has 2 N–H and O–H groups in total. The molecule has 0 aliphatic heterocycles. The Bertz CT molecular complexity index is 269. The van der Waals surface area contributed by atoms with E-state index in [4.69, 9.17) is 0 Å². The first kappa shape index (κ1) is 13.0. The van der Waals surface area contributed by atoms with Gasteiger partial charge < -0.3 is 9.84 Å². The maximum atomic E-state index is 11.3. The second kappa shape index (κ2) is 5.30. The molecule has 1 saturated carbocycles. The molecule has 1 rings (SSSR count). The molecule has 0 unspecified atom stereocenters. The van der Waals surface area contributed by atoms with Crippen molar-refractivity contribution in [2.24, 2.45) is 5.92 Å². The summed E-state index contributed by atoms with van der Waals surface area (Å²) < 4.78 is 4.49. The van der Waals surface area contributed by atoms with Crippen LogP contribution < -0.4 is 5.32 Å².